The molecule has 2 aromatic carbocycles. The number of carbonyl (C=O) groups excluding carboxylic acids is 1. The van der Waals surface area contributed by atoms with Gasteiger partial charge in [0.25, 0.3) is 5.91 Å². The maximum absolute atomic E-state index is 13.1. The molecule has 0 radical (unpaired) electrons. The topological polar surface area (TPSA) is 77.0 Å². The minimum absolute atomic E-state index is 0.00457. The van der Waals surface area contributed by atoms with Crippen molar-refractivity contribution in [3.8, 4) is 0 Å². The number of rotatable bonds is 3. The maximum Gasteiger partial charge on any atom is 0.257 e. The van der Waals surface area contributed by atoms with E-state index in [2.05, 4.69) is 23.1 Å². The summed E-state index contributed by atoms with van der Waals surface area (Å²) in [4.78, 5) is 19.2. The number of anilines is 1. The van der Waals surface area contributed by atoms with Crippen LogP contribution in [0.1, 0.15) is 32.6 Å². The fraction of sp³-hybridized carbons (Fsp3) is 0.174. The third kappa shape index (κ3) is 3.02. The van der Waals surface area contributed by atoms with E-state index in [0.717, 1.165) is 21.9 Å². The SMILES string of the molecule is Cc1c2c(cc3c(N)nccc13)CN(C(=O)c1cnn(Cc3ccccc3)c1)C2. The molecule has 29 heavy (non-hydrogen) atoms. The van der Waals surface area contributed by atoms with Gasteiger partial charge in [-0.3, -0.25) is 9.48 Å². The summed E-state index contributed by atoms with van der Waals surface area (Å²) >= 11 is 0. The summed E-state index contributed by atoms with van der Waals surface area (Å²) < 4.78 is 1.80. The van der Waals surface area contributed by atoms with Crippen LogP contribution in [0.2, 0.25) is 0 Å². The first-order valence-corrected chi connectivity index (χ1v) is 9.61. The van der Waals surface area contributed by atoms with E-state index in [1.165, 1.54) is 11.1 Å². The van der Waals surface area contributed by atoms with E-state index in [1.54, 1.807) is 17.1 Å². The van der Waals surface area contributed by atoms with Gasteiger partial charge in [0, 0.05) is 30.9 Å². The first kappa shape index (κ1) is 17.4. The van der Waals surface area contributed by atoms with Crippen LogP contribution in [0.25, 0.3) is 10.8 Å². The van der Waals surface area contributed by atoms with Crippen LogP contribution in [0.15, 0.2) is 61.1 Å². The van der Waals surface area contributed by atoms with E-state index < -0.39 is 0 Å². The molecule has 3 heterocycles. The first-order valence-electron chi connectivity index (χ1n) is 9.61. The van der Waals surface area contributed by atoms with Gasteiger partial charge in [0.1, 0.15) is 5.82 Å². The van der Waals surface area contributed by atoms with Crippen molar-refractivity contribution in [3.05, 3.63) is 88.9 Å². The number of aromatic nitrogens is 3. The van der Waals surface area contributed by atoms with E-state index >= 15 is 0 Å². The number of carbonyl (C=O) groups is 1. The van der Waals surface area contributed by atoms with Crippen LogP contribution in [0, 0.1) is 6.92 Å². The van der Waals surface area contributed by atoms with E-state index in [-0.39, 0.29) is 5.91 Å². The summed E-state index contributed by atoms with van der Waals surface area (Å²) in [7, 11) is 0. The van der Waals surface area contributed by atoms with Gasteiger partial charge in [0.05, 0.1) is 18.3 Å². The lowest BCUT2D eigenvalue weighted by Gasteiger charge is -2.14. The molecule has 1 amide bonds. The highest BCUT2D eigenvalue weighted by Gasteiger charge is 2.27. The zero-order valence-corrected chi connectivity index (χ0v) is 16.2. The Kier molecular flexibility index (Phi) is 4.05. The van der Waals surface area contributed by atoms with Gasteiger partial charge >= 0.3 is 0 Å². The molecule has 5 rings (SSSR count). The van der Waals surface area contributed by atoms with Gasteiger partial charge in [-0.2, -0.15) is 5.10 Å². The van der Waals surface area contributed by atoms with Crippen LogP contribution in [-0.2, 0) is 19.6 Å². The number of aryl methyl sites for hydroxylation is 1. The van der Waals surface area contributed by atoms with Gasteiger partial charge in [-0.05, 0) is 46.7 Å². The van der Waals surface area contributed by atoms with Crippen LogP contribution < -0.4 is 5.73 Å². The Morgan fingerprint density at radius 2 is 1.97 bits per heavy atom. The molecule has 0 bridgehead atoms. The molecule has 1 aliphatic heterocycles. The molecule has 2 aromatic heterocycles. The number of hydrogen-bond acceptors (Lipinski definition) is 4. The van der Waals surface area contributed by atoms with Crippen molar-refractivity contribution in [1.82, 2.24) is 19.7 Å². The minimum Gasteiger partial charge on any atom is -0.383 e. The van der Waals surface area contributed by atoms with E-state index in [4.69, 9.17) is 5.73 Å². The standard InChI is InChI=1S/C23H21N5O/c1-15-19-7-8-25-22(24)20(19)9-17-12-27(14-21(15)17)23(29)18-10-26-28(13-18)11-16-5-3-2-4-6-16/h2-10,13H,11-12,14H2,1H3,(H2,24,25). The minimum atomic E-state index is -0.00457. The lowest BCUT2D eigenvalue weighted by molar-refractivity contribution is 0.0751. The largest absolute Gasteiger partial charge is 0.383 e. The molecule has 144 valence electrons. The van der Waals surface area contributed by atoms with E-state index in [1.807, 2.05) is 47.5 Å². The Balaban J connectivity index is 1.39. The molecule has 6 heteroatoms. The molecular weight excluding hydrogens is 362 g/mol. The van der Waals surface area contributed by atoms with E-state index in [0.29, 0.717) is 31.0 Å². The summed E-state index contributed by atoms with van der Waals surface area (Å²) in [6.07, 6.45) is 5.21. The molecular formula is C23H21N5O. The number of nitrogens with two attached hydrogens (primary N) is 1. The Labute approximate surface area is 168 Å². The predicted octanol–water partition coefficient (Wildman–Crippen LogP) is 3.53. The van der Waals surface area contributed by atoms with Crippen LogP contribution in [0.4, 0.5) is 5.82 Å². The van der Waals surface area contributed by atoms with Gasteiger partial charge in [0.15, 0.2) is 0 Å². The quantitative estimate of drug-likeness (QED) is 0.587. The van der Waals surface area contributed by atoms with Crippen molar-refractivity contribution in [2.75, 3.05) is 5.73 Å². The molecule has 0 saturated carbocycles. The lowest BCUT2D eigenvalue weighted by Crippen LogP contribution is -2.25. The summed E-state index contributed by atoms with van der Waals surface area (Å²) in [6.45, 7) is 3.91. The lowest BCUT2D eigenvalue weighted by atomic mass is 9.97. The normalized spacial score (nSPS) is 13.1. The Morgan fingerprint density at radius 1 is 1.14 bits per heavy atom. The van der Waals surface area contributed by atoms with Crippen molar-refractivity contribution in [2.45, 2.75) is 26.6 Å². The average Bonchev–Trinajstić information content (AvgIpc) is 3.37. The summed E-state index contributed by atoms with van der Waals surface area (Å²) in [5, 5.41) is 6.42. The second-order valence-electron chi connectivity index (χ2n) is 7.50. The Bertz CT molecular complexity index is 1230. The fourth-order valence-corrected chi connectivity index (χ4v) is 4.10. The van der Waals surface area contributed by atoms with Crippen molar-refractivity contribution in [3.63, 3.8) is 0 Å². The smallest absolute Gasteiger partial charge is 0.257 e. The van der Waals surface area contributed by atoms with Crippen molar-refractivity contribution >= 4 is 22.5 Å². The first-order chi connectivity index (χ1) is 14.1. The molecule has 4 aromatic rings. The fourth-order valence-electron chi connectivity index (χ4n) is 4.10. The molecule has 0 saturated heterocycles. The van der Waals surface area contributed by atoms with Gasteiger partial charge in [-0.15, -0.1) is 0 Å². The Hall–Kier alpha value is -3.67. The highest BCUT2D eigenvalue weighted by Crippen LogP contribution is 2.34. The third-order valence-corrected chi connectivity index (χ3v) is 5.65. The molecule has 0 atom stereocenters. The number of pyridine rings is 1. The third-order valence-electron chi connectivity index (χ3n) is 5.65. The van der Waals surface area contributed by atoms with Crippen molar-refractivity contribution < 1.29 is 4.79 Å². The van der Waals surface area contributed by atoms with Crippen LogP contribution >= 0.6 is 0 Å². The predicted molar refractivity (Wildman–Crippen MR) is 112 cm³/mol. The molecule has 2 N–H and O–H groups in total. The van der Waals surface area contributed by atoms with Crippen LogP contribution in [-0.4, -0.2) is 25.6 Å². The monoisotopic (exact) mass is 383 g/mol. The van der Waals surface area contributed by atoms with Gasteiger partial charge in [-0.25, -0.2) is 4.98 Å². The Morgan fingerprint density at radius 3 is 2.79 bits per heavy atom. The second-order valence-corrected chi connectivity index (χ2v) is 7.50. The highest BCUT2D eigenvalue weighted by atomic mass is 16.2. The zero-order chi connectivity index (χ0) is 20.0. The zero-order valence-electron chi connectivity index (χ0n) is 16.2. The number of nitrogens with zero attached hydrogens (tertiary/aromatic N) is 4. The van der Waals surface area contributed by atoms with Crippen LogP contribution in [0.3, 0.4) is 0 Å². The molecule has 0 spiro atoms. The van der Waals surface area contributed by atoms with Crippen LogP contribution in [0.5, 0.6) is 0 Å². The molecule has 0 unspecified atom stereocenters. The summed E-state index contributed by atoms with van der Waals surface area (Å²) in [6, 6.07) is 14.2. The number of benzene rings is 2. The van der Waals surface area contributed by atoms with Gasteiger partial charge in [-0.1, -0.05) is 30.3 Å². The molecule has 6 nitrogen and oxygen atoms in total. The maximum atomic E-state index is 13.1. The number of fused-ring (bicyclic) bond motifs is 2. The summed E-state index contributed by atoms with van der Waals surface area (Å²) in [5.74, 6) is 0.524. The number of amides is 1. The molecule has 0 aliphatic carbocycles. The van der Waals surface area contributed by atoms with Crippen molar-refractivity contribution in [1.29, 1.82) is 0 Å². The highest BCUT2D eigenvalue weighted by molar-refractivity contribution is 5.97. The molecule has 1 aliphatic rings. The van der Waals surface area contributed by atoms with Crippen molar-refractivity contribution in [2.24, 2.45) is 0 Å². The second kappa shape index (κ2) is 6.74. The van der Waals surface area contributed by atoms with Gasteiger partial charge in [0.2, 0.25) is 0 Å². The van der Waals surface area contributed by atoms with E-state index in [9.17, 15) is 4.79 Å². The summed E-state index contributed by atoms with van der Waals surface area (Å²) in [5.41, 5.74) is 11.3. The van der Waals surface area contributed by atoms with Gasteiger partial charge < -0.3 is 10.6 Å². The molecule has 0 fully saturated rings. The number of nitrogen functional groups attached to an aromatic ring is 1. The number of hydrogen-bond donors (Lipinski definition) is 1. The average molecular weight is 383 g/mol.